The molecule has 0 unspecified atom stereocenters. The maximum absolute atomic E-state index is 4.96. The van der Waals surface area contributed by atoms with Gasteiger partial charge < -0.3 is 14.0 Å². The number of methoxy groups -OCH3 is 1. The van der Waals surface area contributed by atoms with Crippen LogP contribution in [0.25, 0.3) is 0 Å². The van der Waals surface area contributed by atoms with E-state index in [0.717, 1.165) is 12.4 Å². The zero-order valence-electron chi connectivity index (χ0n) is 5.53. The third-order valence-electron chi connectivity index (χ3n) is 1.37. The van der Waals surface area contributed by atoms with Gasteiger partial charge >= 0.3 is 0 Å². The van der Waals surface area contributed by atoms with Crippen molar-refractivity contribution in [2.45, 2.75) is 6.10 Å². The van der Waals surface area contributed by atoms with Gasteiger partial charge in [0.25, 0.3) is 5.88 Å². The Morgan fingerprint density at radius 1 is 1.80 bits per heavy atom. The molecule has 0 saturated carbocycles. The molecule has 1 aromatic heterocycles. The van der Waals surface area contributed by atoms with Crippen molar-refractivity contribution in [3.05, 3.63) is 11.8 Å². The van der Waals surface area contributed by atoms with Gasteiger partial charge in [0.05, 0.1) is 13.7 Å². The fourth-order valence-corrected chi connectivity index (χ4v) is 0.732. The van der Waals surface area contributed by atoms with Gasteiger partial charge in [-0.05, 0) is 5.16 Å². The molecular weight excluding hydrogens is 134 g/mol. The molecule has 1 aliphatic rings. The van der Waals surface area contributed by atoms with Gasteiger partial charge in [-0.2, -0.15) is 0 Å². The first kappa shape index (κ1) is 5.73. The van der Waals surface area contributed by atoms with Crippen LogP contribution >= 0.6 is 0 Å². The maximum atomic E-state index is 4.96. The predicted octanol–water partition coefficient (Wildman–Crippen LogP) is 0.754. The van der Waals surface area contributed by atoms with Crippen LogP contribution < -0.4 is 4.74 Å². The molecule has 2 heterocycles. The van der Waals surface area contributed by atoms with Crippen LogP contribution in [-0.2, 0) is 4.74 Å². The number of aromatic nitrogens is 1. The lowest BCUT2D eigenvalue weighted by Gasteiger charge is -1.83. The van der Waals surface area contributed by atoms with E-state index in [0.29, 0.717) is 5.88 Å². The topological polar surface area (TPSA) is 47.8 Å². The average Bonchev–Trinajstić information content (AvgIpc) is 2.70. The van der Waals surface area contributed by atoms with Crippen LogP contribution in [0.2, 0.25) is 0 Å². The number of epoxide rings is 1. The van der Waals surface area contributed by atoms with Crippen LogP contribution in [0.3, 0.4) is 0 Å². The van der Waals surface area contributed by atoms with E-state index in [2.05, 4.69) is 5.16 Å². The largest absolute Gasteiger partial charge is 0.479 e. The summed E-state index contributed by atoms with van der Waals surface area (Å²) in [5.41, 5.74) is 0. The summed E-state index contributed by atoms with van der Waals surface area (Å²) >= 11 is 0. The molecule has 0 radical (unpaired) electrons. The van der Waals surface area contributed by atoms with E-state index in [9.17, 15) is 0 Å². The molecule has 54 valence electrons. The second-order valence-electron chi connectivity index (χ2n) is 2.09. The van der Waals surface area contributed by atoms with Crippen LogP contribution in [0.5, 0.6) is 5.88 Å². The maximum Gasteiger partial charge on any atom is 0.254 e. The Bertz CT molecular complexity index is 229. The minimum Gasteiger partial charge on any atom is -0.479 e. The minimum atomic E-state index is 0.122. The molecule has 1 aromatic rings. The van der Waals surface area contributed by atoms with Crippen molar-refractivity contribution < 1.29 is 14.0 Å². The van der Waals surface area contributed by atoms with Crippen molar-refractivity contribution >= 4 is 0 Å². The van der Waals surface area contributed by atoms with E-state index in [1.54, 1.807) is 13.2 Å². The summed E-state index contributed by atoms with van der Waals surface area (Å²) in [7, 11) is 1.55. The van der Waals surface area contributed by atoms with Gasteiger partial charge in [-0.25, -0.2) is 0 Å². The molecule has 0 aromatic carbocycles. The molecule has 0 aliphatic carbocycles. The molecule has 0 bridgehead atoms. The fraction of sp³-hybridized carbons (Fsp3) is 0.500. The van der Waals surface area contributed by atoms with Crippen molar-refractivity contribution in [3.8, 4) is 5.88 Å². The van der Waals surface area contributed by atoms with Gasteiger partial charge in [-0.3, -0.25) is 0 Å². The van der Waals surface area contributed by atoms with Crippen molar-refractivity contribution in [1.82, 2.24) is 5.16 Å². The van der Waals surface area contributed by atoms with E-state index in [1.165, 1.54) is 0 Å². The van der Waals surface area contributed by atoms with E-state index in [4.69, 9.17) is 14.0 Å². The normalized spacial score (nSPS) is 22.7. The second-order valence-corrected chi connectivity index (χ2v) is 2.09. The molecule has 10 heavy (non-hydrogen) atoms. The van der Waals surface area contributed by atoms with Crippen LogP contribution in [0.1, 0.15) is 11.9 Å². The monoisotopic (exact) mass is 141 g/mol. The molecule has 0 amide bonds. The Kier molecular flexibility index (Phi) is 1.14. The Balaban J connectivity index is 2.19. The first-order valence-corrected chi connectivity index (χ1v) is 3.02. The molecule has 1 aliphatic heterocycles. The minimum absolute atomic E-state index is 0.122. The predicted molar refractivity (Wildman–Crippen MR) is 31.7 cm³/mol. The highest BCUT2D eigenvalue weighted by Gasteiger charge is 2.29. The molecule has 0 spiro atoms. The molecule has 1 atom stereocenters. The molecule has 0 N–H and O–H groups in total. The van der Waals surface area contributed by atoms with Crippen LogP contribution in [0.4, 0.5) is 0 Å². The Labute approximate surface area is 57.7 Å². The Morgan fingerprint density at radius 2 is 2.60 bits per heavy atom. The lowest BCUT2D eigenvalue weighted by atomic mass is 10.4. The van der Waals surface area contributed by atoms with E-state index in [1.807, 2.05) is 0 Å². The third-order valence-corrected chi connectivity index (χ3v) is 1.37. The number of ether oxygens (including phenoxy) is 2. The quantitative estimate of drug-likeness (QED) is 0.570. The second kappa shape index (κ2) is 1.98. The number of nitrogens with zero attached hydrogens (tertiary/aromatic N) is 1. The number of hydrogen-bond donors (Lipinski definition) is 0. The van der Waals surface area contributed by atoms with Gasteiger partial charge in [0.2, 0.25) is 0 Å². The van der Waals surface area contributed by atoms with Crippen LogP contribution in [-0.4, -0.2) is 18.9 Å². The highest BCUT2D eigenvalue weighted by Crippen LogP contribution is 2.31. The zero-order chi connectivity index (χ0) is 6.97. The summed E-state index contributed by atoms with van der Waals surface area (Å²) in [5.74, 6) is 1.25. The van der Waals surface area contributed by atoms with Crippen molar-refractivity contribution in [2.75, 3.05) is 13.7 Å². The lowest BCUT2D eigenvalue weighted by molar-refractivity contribution is 0.303. The summed E-state index contributed by atoms with van der Waals surface area (Å²) in [5, 5.41) is 3.62. The highest BCUT2D eigenvalue weighted by atomic mass is 16.6. The van der Waals surface area contributed by atoms with E-state index >= 15 is 0 Å². The zero-order valence-corrected chi connectivity index (χ0v) is 5.53. The summed E-state index contributed by atoms with van der Waals surface area (Å²) in [6.07, 6.45) is 0.122. The number of rotatable bonds is 2. The van der Waals surface area contributed by atoms with Gasteiger partial charge in [0.1, 0.15) is 6.10 Å². The Hall–Kier alpha value is -1.03. The summed E-state index contributed by atoms with van der Waals surface area (Å²) in [6.45, 7) is 0.734. The molecule has 1 saturated heterocycles. The van der Waals surface area contributed by atoms with Gasteiger partial charge in [-0.15, -0.1) is 0 Å². The van der Waals surface area contributed by atoms with Crippen molar-refractivity contribution in [2.24, 2.45) is 0 Å². The van der Waals surface area contributed by atoms with Gasteiger partial charge in [-0.1, -0.05) is 0 Å². The standard InChI is InChI=1S/C6H7NO3/c1-8-6-2-4(10-7-6)5-3-9-5/h2,5H,3H2,1H3/t5-/m0/s1. The average molecular weight is 141 g/mol. The van der Waals surface area contributed by atoms with Crippen molar-refractivity contribution in [3.63, 3.8) is 0 Å². The lowest BCUT2D eigenvalue weighted by Crippen LogP contribution is -1.79. The summed E-state index contributed by atoms with van der Waals surface area (Å²) < 4.78 is 14.7. The third kappa shape index (κ3) is 0.863. The molecule has 2 rings (SSSR count). The summed E-state index contributed by atoms with van der Waals surface area (Å²) in [4.78, 5) is 0. The molecule has 1 fully saturated rings. The molecular formula is C6H7NO3. The first-order valence-electron chi connectivity index (χ1n) is 3.02. The van der Waals surface area contributed by atoms with Crippen molar-refractivity contribution in [1.29, 1.82) is 0 Å². The molecule has 4 nitrogen and oxygen atoms in total. The molecule has 4 heteroatoms. The van der Waals surface area contributed by atoms with Crippen LogP contribution in [0.15, 0.2) is 10.6 Å². The number of hydrogen-bond acceptors (Lipinski definition) is 4. The SMILES string of the molecule is COc1cc([C@@H]2CO2)on1. The first-order chi connectivity index (χ1) is 4.90. The van der Waals surface area contributed by atoms with E-state index < -0.39 is 0 Å². The highest BCUT2D eigenvalue weighted by molar-refractivity contribution is 5.14. The Morgan fingerprint density at radius 3 is 3.10 bits per heavy atom. The van der Waals surface area contributed by atoms with Crippen LogP contribution in [0, 0.1) is 0 Å². The van der Waals surface area contributed by atoms with Gasteiger partial charge in [0.15, 0.2) is 5.76 Å². The smallest absolute Gasteiger partial charge is 0.254 e. The van der Waals surface area contributed by atoms with Gasteiger partial charge in [0, 0.05) is 6.07 Å². The summed E-state index contributed by atoms with van der Waals surface area (Å²) in [6, 6.07) is 1.73. The fourth-order valence-electron chi connectivity index (χ4n) is 0.732. The van der Waals surface area contributed by atoms with E-state index in [-0.39, 0.29) is 6.10 Å².